The van der Waals surface area contributed by atoms with Gasteiger partial charge in [0.05, 0.1) is 16.7 Å². The highest BCUT2D eigenvalue weighted by Crippen LogP contribution is 2.33. The van der Waals surface area contributed by atoms with E-state index in [1.165, 1.54) is 16.9 Å². The molecule has 1 fully saturated rings. The molecule has 0 radical (unpaired) electrons. The molecule has 8 heteroatoms. The maximum atomic E-state index is 13.2. The molecule has 3 rings (SSSR count). The molecular weight excluding hydrogens is 378 g/mol. The quantitative estimate of drug-likeness (QED) is 0.855. The van der Waals surface area contributed by atoms with Crippen LogP contribution in [0.25, 0.3) is 0 Å². The van der Waals surface area contributed by atoms with E-state index in [-0.39, 0.29) is 18.4 Å². The van der Waals surface area contributed by atoms with Crippen LogP contribution >= 0.6 is 23.7 Å². The second-order valence-corrected chi connectivity index (χ2v) is 9.33. The van der Waals surface area contributed by atoms with Crippen molar-refractivity contribution in [2.75, 3.05) is 19.6 Å². The predicted molar refractivity (Wildman–Crippen MR) is 104 cm³/mol. The van der Waals surface area contributed by atoms with Gasteiger partial charge >= 0.3 is 0 Å². The highest BCUT2D eigenvalue weighted by molar-refractivity contribution is 7.91. The third-order valence-electron chi connectivity index (χ3n) is 4.37. The molecule has 0 saturated carbocycles. The fraction of sp³-hybridized carbons (Fsp3) is 0.471. The van der Waals surface area contributed by atoms with Crippen LogP contribution in [-0.4, -0.2) is 37.3 Å². The summed E-state index contributed by atoms with van der Waals surface area (Å²) in [5, 5.41) is 4.10. The molecule has 1 atom stereocenters. The lowest BCUT2D eigenvalue weighted by Gasteiger charge is -2.35. The summed E-state index contributed by atoms with van der Waals surface area (Å²) in [6.45, 7) is 7.49. The van der Waals surface area contributed by atoms with Crippen LogP contribution in [0.2, 0.25) is 0 Å². The lowest BCUT2D eigenvalue weighted by atomic mass is 10.0. The van der Waals surface area contributed by atoms with E-state index >= 15 is 0 Å². The summed E-state index contributed by atoms with van der Waals surface area (Å²) in [5.74, 6) is 0. The Kier molecular flexibility index (Phi) is 6.62. The van der Waals surface area contributed by atoms with Crippen molar-refractivity contribution in [2.45, 2.75) is 37.4 Å². The molecule has 1 aromatic carbocycles. The summed E-state index contributed by atoms with van der Waals surface area (Å²) in [4.78, 5) is 4.29. The van der Waals surface area contributed by atoms with E-state index in [4.69, 9.17) is 0 Å². The first-order chi connectivity index (χ1) is 11.4. The minimum absolute atomic E-state index is 0. The van der Waals surface area contributed by atoms with Gasteiger partial charge in [-0.2, -0.15) is 4.31 Å². The number of aromatic nitrogens is 1. The lowest BCUT2D eigenvalue weighted by molar-refractivity contribution is 0.272. The number of hydrogen-bond acceptors (Lipinski definition) is 5. The Hall–Kier alpha value is -0.990. The number of piperazine rings is 1. The number of sulfonamides is 1. The Morgan fingerprint density at radius 2 is 1.96 bits per heavy atom. The SMILES string of the molecule is CCc1ccc(C2CNCCN2S(=O)(=O)c2sc(C)nc2C)cc1.Cl. The molecule has 1 aliphatic heterocycles. The standard InChI is InChI=1S/C17H23N3O2S2.ClH/c1-4-14-5-7-15(8-6-14)16-11-18-9-10-20(16)24(21,22)17-12(2)19-13(3)23-17;/h5-8,16,18H,4,9-11H2,1-3H3;1H. The van der Waals surface area contributed by atoms with Crippen LogP contribution in [0.4, 0.5) is 0 Å². The van der Waals surface area contributed by atoms with Crippen molar-refractivity contribution in [1.82, 2.24) is 14.6 Å². The van der Waals surface area contributed by atoms with Crippen molar-refractivity contribution in [1.29, 1.82) is 0 Å². The van der Waals surface area contributed by atoms with E-state index in [9.17, 15) is 8.42 Å². The molecule has 138 valence electrons. The Bertz CT molecular complexity index is 819. The van der Waals surface area contributed by atoms with Crippen LogP contribution in [0.3, 0.4) is 0 Å². The van der Waals surface area contributed by atoms with Gasteiger partial charge in [0.15, 0.2) is 4.21 Å². The topological polar surface area (TPSA) is 62.3 Å². The Balaban J connectivity index is 0.00000225. The van der Waals surface area contributed by atoms with E-state index in [1.807, 2.05) is 19.1 Å². The summed E-state index contributed by atoms with van der Waals surface area (Å²) >= 11 is 1.26. The van der Waals surface area contributed by atoms with Gasteiger partial charge in [0.1, 0.15) is 0 Å². The van der Waals surface area contributed by atoms with Crippen molar-refractivity contribution >= 4 is 33.8 Å². The normalized spacial score (nSPS) is 18.8. The smallest absolute Gasteiger partial charge is 0.255 e. The second kappa shape index (κ2) is 8.14. The average Bonchev–Trinajstić information content (AvgIpc) is 2.94. The van der Waals surface area contributed by atoms with Crippen LogP contribution in [-0.2, 0) is 16.4 Å². The van der Waals surface area contributed by atoms with Crippen LogP contribution < -0.4 is 5.32 Å². The monoisotopic (exact) mass is 401 g/mol. The van der Waals surface area contributed by atoms with Crippen molar-refractivity contribution < 1.29 is 8.42 Å². The molecular formula is C17H24ClN3O2S2. The molecule has 1 aliphatic rings. The molecule has 1 saturated heterocycles. The lowest BCUT2D eigenvalue weighted by Crippen LogP contribution is -2.48. The zero-order valence-corrected chi connectivity index (χ0v) is 17.1. The molecule has 2 heterocycles. The predicted octanol–water partition coefficient (Wildman–Crippen LogP) is 3.08. The van der Waals surface area contributed by atoms with Gasteiger partial charge in [-0.15, -0.1) is 23.7 Å². The van der Waals surface area contributed by atoms with E-state index < -0.39 is 10.0 Å². The van der Waals surface area contributed by atoms with Gasteiger partial charge in [0.25, 0.3) is 10.0 Å². The number of halogens is 1. The number of aryl methyl sites for hydroxylation is 3. The van der Waals surface area contributed by atoms with Gasteiger partial charge in [-0.3, -0.25) is 0 Å². The van der Waals surface area contributed by atoms with Crippen LogP contribution in [0.15, 0.2) is 28.5 Å². The fourth-order valence-electron chi connectivity index (χ4n) is 3.09. The highest BCUT2D eigenvalue weighted by Gasteiger charge is 2.36. The van der Waals surface area contributed by atoms with E-state index in [2.05, 4.69) is 29.4 Å². The Morgan fingerprint density at radius 3 is 2.52 bits per heavy atom. The van der Waals surface area contributed by atoms with Gasteiger partial charge in [-0.25, -0.2) is 13.4 Å². The first kappa shape index (κ1) is 20.3. The summed E-state index contributed by atoms with van der Waals surface area (Å²) in [7, 11) is -3.54. The van der Waals surface area contributed by atoms with Crippen molar-refractivity contribution in [3.63, 3.8) is 0 Å². The number of thiazole rings is 1. The molecule has 1 aromatic heterocycles. The molecule has 5 nitrogen and oxygen atoms in total. The first-order valence-corrected chi connectivity index (χ1v) is 10.4. The zero-order valence-electron chi connectivity index (χ0n) is 14.7. The number of hydrogen-bond donors (Lipinski definition) is 1. The van der Waals surface area contributed by atoms with E-state index in [0.717, 1.165) is 17.0 Å². The molecule has 1 unspecified atom stereocenters. The number of nitrogens with one attached hydrogen (secondary N) is 1. The molecule has 0 bridgehead atoms. The van der Waals surface area contributed by atoms with E-state index in [0.29, 0.717) is 29.5 Å². The number of rotatable bonds is 4. The molecule has 2 aromatic rings. The van der Waals surface area contributed by atoms with Crippen molar-refractivity contribution in [3.8, 4) is 0 Å². The third kappa shape index (κ3) is 4.06. The maximum absolute atomic E-state index is 13.2. The van der Waals surface area contributed by atoms with Gasteiger partial charge in [0.2, 0.25) is 0 Å². The molecule has 25 heavy (non-hydrogen) atoms. The van der Waals surface area contributed by atoms with Crippen molar-refractivity contribution in [2.24, 2.45) is 0 Å². The van der Waals surface area contributed by atoms with Gasteiger partial charge in [-0.05, 0) is 31.4 Å². The second-order valence-electron chi connectivity index (χ2n) is 6.04. The van der Waals surface area contributed by atoms with Crippen LogP contribution in [0.1, 0.15) is 34.8 Å². The number of benzene rings is 1. The summed E-state index contributed by atoms with van der Waals surface area (Å²) in [6, 6.07) is 8.07. The van der Waals surface area contributed by atoms with Crippen LogP contribution in [0, 0.1) is 13.8 Å². The molecule has 1 N–H and O–H groups in total. The Morgan fingerprint density at radius 1 is 1.28 bits per heavy atom. The van der Waals surface area contributed by atoms with E-state index in [1.54, 1.807) is 11.2 Å². The van der Waals surface area contributed by atoms with Crippen LogP contribution in [0.5, 0.6) is 0 Å². The zero-order chi connectivity index (χ0) is 17.3. The molecule has 0 aliphatic carbocycles. The average molecular weight is 402 g/mol. The van der Waals surface area contributed by atoms with Gasteiger partial charge in [-0.1, -0.05) is 31.2 Å². The minimum atomic E-state index is -3.54. The van der Waals surface area contributed by atoms with Gasteiger partial charge < -0.3 is 5.32 Å². The summed E-state index contributed by atoms with van der Waals surface area (Å²) in [6.07, 6.45) is 0.977. The number of nitrogens with zero attached hydrogens (tertiary/aromatic N) is 2. The summed E-state index contributed by atoms with van der Waals surface area (Å²) in [5.41, 5.74) is 2.88. The van der Waals surface area contributed by atoms with Crippen molar-refractivity contribution in [3.05, 3.63) is 46.1 Å². The maximum Gasteiger partial charge on any atom is 0.255 e. The summed E-state index contributed by atoms with van der Waals surface area (Å²) < 4.78 is 28.4. The fourth-order valence-corrected chi connectivity index (χ4v) is 6.30. The minimum Gasteiger partial charge on any atom is -0.313 e. The Labute approximate surface area is 159 Å². The largest absolute Gasteiger partial charge is 0.313 e. The third-order valence-corrected chi connectivity index (χ3v) is 7.94. The highest BCUT2D eigenvalue weighted by atomic mass is 35.5. The van der Waals surface area contributed by atoms with Gasteiger partial charge in [0, 0.05) is 19.6 Å². The first-order valence-electron chi connectivity index (χ1n) is 8.19. The molecule has 0 spiro atoms. The molecule has 0 amide bonds.